The summed E-state index contributed by atoms with van der Waals surface area (Å²) in [5, 5.41) is 9.94. The average Bonchev–Trinajstić information content (AvgIpc) is 2.78. The summed E-state index contributed by atoms with van der Waals surface area (Å²) in [5.74, 6) is 1.74. The molecule has 31 heavy (non-hydrogen) atoms. The Hall–Kier alpha value is -4.20. The number of pyridine rings is 1. The van der Waals surface area contributed by atoms with Gasteiger partial charge in [-0.25, -0.2) is 19.7 Å². The first kappa shape index (κ1) is 20.1. The van der Waals surface area contributed by atoms with Gasteiger partial charge in [-0.3, -0.25) is 0 Å². The Balaban J connectivity index is 1.71. The lowest BCUT2D eigenvalue weighted by Crippen LogP contribution is -2.13. The number of nitrogens with zero attached hydrogens (tertiary/aromatic N) is 4. The van der Waals surface area contributed by atoms with Crippen LogP contribution in [0.15, 0.2) is 60.8 Å². The van der Waals surface area contributed by atoms with Crippen LogP contribution in [-0.2, 0) is 0 Å². The van der Waals surface area contributed by atoms with Gasteiger partial charge in [-0.05, 0) is 43.3 Å². The van der Waals surface area contributed by atoms with E-state index in [1.807, 2.05) is 55.3 Å². The number of aromatic carboxylic acids is 1. The third kappa shape index (κ3) is 4.09. The summed E-state index contributed by atoms with van der Waals surface area (Å²) >= 11 is 0. The van der Waals surface area contributed by atoms with Crippen molar-refractivity contribution in [3.63, 3.8) is 0 Å². The smallest absolute Gasteiger partial charge is 0.354 e. The van der Waals surface area contributed by atoms with Crippen molar-refractivity contribution in [2.45, 2.75) is 6.92 Å². The van der Waals surface area contributed by atoms with Crippen LogP contribution >= 0.6 is 0 Å². The van der Waals surface area contributed by atoms with Crippen LogP contribution in [-0.4, -0.2) is 40.2 Å². The lowest BCUT2D eigenvalue weighted by molar-refractivity contribution is 0.0690. The van der Waals surface area contributed by atoms with Crippen LogP contribution in [0.4, 0.5) is 11.5 Å². The Bertz CT molecular complexity index is 1260. The van der Waals surface area contributed by atoms with Crippen molar-refractivity contribution in [2.24, 2.45) is 0 Å². The molecule has 0 unspecified atom stereocenters. The molecule has 0 fully saturated rings. The van der Waals surface area contributed by atoms with Gasteiger partial charge in [-0.15, -0.1) is 0 Å². The van der Waals surface area contributed by atoms with Gasteiger partial charge in [0.15, 0.2) is 11.5 Å². The van der Waals surface area contributed by atoms with Gasteiger partial charge in [-0.2, -0.15) is 0 Å². The molecule has 2 aromatic heterocycles. The molecule has 0 radical (unpaired) electrons. The number of benzene rings is 2. The van der Waals surface area contributed by atoms with Crippen LogP contribution < -0.4 is 14.4 Å². The maximum absolute atomic E-state index is 11.0. The number of aromatic nitrogens is 3. The molecule has 0 saturated heterocycles. The van der Waals surface area contributed by atoms with E-state index in [9.17, 15) is 4.79 Å². The summed E-state index contributed by atoms with van der Waals surface area (Å²) in [6, 6.07) is 16.3. The van der Waals surface area contributed by atoms with Crippen molar-refractivity contribution in [1.29, 1.82) is 0 Å². The van der Waals surface area contributed by atoms with Gasteiger partial charge in [-0.1, -0.05) is 12.1 Å². The fourth-order valence-corrected chi connectivity index (χ4v) is 3.20. The quantitative estimate of drug-likeness (QED) is 0.487. The second kappa shape index (κ2) is 8.27. The van der Waals surface area contributed by atoms with Gasteiger partial charge < -0.3 is 19.5 Å². The van der Waals surface area contributed by atoms with Crippen molar-refractivity contribution in [1.82, 2.24) is 15.0 Å². The number of rotatable bonds is 6. The summed E-state index contributed by atoms with van der Waals surface area (Å²) in [6.07, 6.45) is 1.36. The number of ether oxygens (including phenoxy) is 2. The first-order valence-corrected chi connectivity index (χ1v) is 9.48. The average molecular weight is 416 g/mol. The number of carboxylic acids is 1. The van der Waals surface area contributed by atoms with Crippen LogP contribution in [0.25, 0.3) is 10.9 Å². The molecule has 8 heteroatoms. The van der Waals surface area contributed by atoms with E-state index in [0.717, 1.165) is 22.4 Å². The van der Waals surface area contributed by atoms with Crippen molar-refractivity contribution in [2.75, 3.05) is 19.1 Å². The minimum atomic E-state index is -1.10. The fraction of sp³-hybridized carbons (Fsp3) is 0.130. The number of carboxylic acid groups (broad SMARTS) is 1. The molecule has 0 spiro atoms. The molecule has 4 aromatic rings. The number of hydrogen-bond donors (Lipinski definition) is 1. The number of methoxy groups -OCH3 is 1. The van der Waals surface area contributed by atoms with Crippen LogP contribution in [0.5, 0.6) is 17.2 Å². The van der Waals surface area contributed by atoms with Crippen molar-refractivity contribution >= 4 is 28.4 Å². The van der Waals surface area contributed by atoms with E-state index >= 15 is 0 Å². The van der Waals surface area contributed by atoms with E-state index in [-0.39, 0.29) is 5.69 Å². The van der Waals surface area contributed by atoms with E-state index in [1.165, 1.54) is 12.3 Å². The minimum Gasteiger partial charge on any atom is -0.493 e. The molecule has 1 N–H and O–H groups in total. The van der Waals surface area contributed by atoms with E-state index in [2.05, 4.69) is 15.0 Å². The third-order valence-corrected chi connectivity index (χ3v) is 4.73. The second-order valence-corrected chi connectivity index (χ2v) is 6.79. The molecule has 0 saturated carbocycles. The van der Waals surface area contributed by atoms with Crippen LogP contribution in [0.1, 0.15) is 16.3 Å². The van der Waals surface area contributed by atoms with Gasteiger partial charge in [0, 0.05) is 24.2 Å². The normalized spacial score (nSPS) is 10.7. The number of carbonyl (C=O) groups is 1. The second-order valence-electron chi connectivity index (χ2n) is 6.79. The molecule has 0 atom stereocenters. The fourth-order valence-electron chi connectivity index (χ4n) is 3.20. The zero-order chi connectivity index (χ0) is 22.0. The monoisotopic (exact) mass is 416 g/mol. The first-order valence-electron chi connectivity index (χ1n) is 9.48. The Labute approximate surface area is 178 Å². The highest BCUT2D eigenvalue weighted by atomic mass is 16.5. The molecule has 0 bridgehead atoms. The molecule has 0 amide bonds. The summed E-state index contributed by atoms with van der Waals surface area (Å²) in [4.78, 5) is 26.0. The Morgan fingerprint density at radius 2 is 1.84 bits per heavy atom. The van der Waals surface area contributed by atoms with Crippen LogP contribution in [0, 0.1) is 6.92 Å². The minimum absolute atomic E-state index is 0.0567. The molecule has 2 heterocycles. The highest BCUT2D eigenvalue weighted by Gasteiger charge is 2.15. The maximum Gasteiger partial charge on any atom is 0.354 e. The van der Waals surface area contributed by atoms with E-state index in [0.29, 0.717) is 23.1 Å². The van der Waals surface area contributed by atoms with E-state index in [4.69, 9.17) is 14.6 Å². The summed E-state index contributed by atoms with van der Waals surface area (Å²) in [5.41, 5.74) is 1.64. The zero-order valence-corrected chi connectivity index (χ0v) is 17.2. The standard InChI is InChI=1S/C23H20N4O4/c1-14-25-18-7-5-4-6-17(18)22(26-14)27(2)15-8-11-20(30-3)21(12-15)31-16-9-10-19(23(28)29)24-13-16/h4-13H,1-3H3,(H,28,29). The highest BCUT2D eigenvalue weighted by Crippen LogP contribution is 2.37. The van der Waals surface area contributed by atoms with Crippen molar-refractivity contribution in [3.8, 4) is 17.2 Å². The van der Waals surface area contributed by atoms with Crippen molar-refractivity contribution in [3.05, 3.63) is 72.3 Å². The lowest BCUT2D eigenvalue weighted by atomic mass is 10.2. The number of hydrogen-bond acceptors (Lipinski definition) is 7. The SMILES string of the molecule is COc1ccc(N(C)c2nc(C)nc3ccccc23)cc1Oc1ccc(C(=O)O)nc1. The number of anilines is 2. The Kier molecular flexibility index (Phi) is 5.36. The van der Waals surface area contributed by atoms with Gasteiger partial charge in [0.2, 0.25) is 0 Å². The highest BCUT2D eigenvalue weighted by molar-refractivity contribution is 5.91. The molecule has 0 aliphatic rings. The largest absolute Gasteiger partial charge is 0.493 e. The third-order valence-electron chi connectivity index (χ3n) is 4.73. The number of aryl methyl sites for hydroxylation is 1. The molecular formula is C23H20N4O4. The summed E-state index contributed by atoms with van der Waals surface area (Å²) < 4.78 is 11.4. The molecule has 8 nitrogen and oxygen atoms in total. The molecule has 0 aliphatic carbocycles. The first-order chi connectivity index (χ1) is 15.0. The Morgan fingerprint density at radius 1 is 1.03 bits per heavy atom. The van der Waals surface area contributed by atoms with Gasteiger partial charge >= 0.3 is 5.97 Å². The molecule has 2 aromatic carbocycles. The van der Waals surface area contributed by atoms with Crippen molar-refractivity contribution < 1.29 is 19.4 Å². The number of para-hydroxylation sites is 1. The zero-order valence-electron chi connectivity index (χ0n) is 17.2. The summed E-state index contributed by atoms with van der Waals surface area (Å²) in [6.45, 7) is 1.86. The van der Waals surface area contributed by atoms with Crippen LogP contribution in [0.2, 0.25) is 0 Å². The number of fused-ring (bicyclic) bond motifs is 1. The Morgan fingerprint density at radius 3 is 2.55 bits per heavy atom. The van der Waals surface area contributed by atoms with Gasteiger partial charge in [0.1, 0.15) is 23.1 Å². The van der Waals surface area contributed by atoms with Gasteiger partial charge in [0.25, 0.3) is 0 Å². The predicted molar refractivity (Wildman–Crippen MR) is 117 cm³/mol. The predicted octanol–water partition coefficient (Wildman–Crippen LogP) is 4.60. The van der Waals surface area contributed by atoms with E-state index < -0.39 is 5.97 Å². The lowest BCUT2D eigenvalue weighted by Gasteiger charge is -2.22. The van der Waals surface area contributed by atoms with Gasteiger partial charge in [0.05, 0.1) is 18.8 Å². The molecular weight excluding hydrogens is 396 g/mol. The molecule has 156 valence electrons. The molecule has 0 aliphatic heterocycles. The van der Waals surface area contributed by atoms with Crippen LogP contribution in [0.3, 0.4) is 0 Å². The van der Waals surface area contributed by atoms with E-state index in [1.54, 1.807) is 19.2 Å². The maximum atomic E-state index is 11.0. The molecule has 4 rings (SSSR count). The topological polar surface area (TPSA) is 97.7 Å². The summed E-state index contributed by atoms with van der Waals surface area (Å²) in [7, 11) is 3.47.